The van der Waals surface area contributed by atoms with E-state index in [1.165, 1.54) is 0 Å². The van der Waals surface area contributed by atoms with Crippen LogP contribution in [0.5, 0.6) is 5.75 Å². The van der Waals surface area contributed by atoms with E-state index in [4.69, 9.17) is 4.74 Å². The van der Waals surface area contributed by atoms with Crippen LogP contribution in [0.1, 0.15) is 13.8 Å². The molecule has 0 spiro atoms. The highest BCUT2D eigenvalue weighted by molar-refractivity contribution is 5.57. The van der Waals surface area contributed by atoms with Gasteiger partial charge in [-0.3, -0.25) is 5.10 Å². The Balaban J connectivity index is 2.37. The molecule has 0 aliphatic carbocycles. The molecule has 0 fully saturated rings. The average Bonchev–Trinajstić information content (AvgIpc) is 2.81. The van der Waals surface area contributed by atoms with Gasteiger partial charge in [0.05, 0.1) is 13.3 Å². The maximum absolute atomic E-state index is 5.21. The van der Waals surface area contributed by atoms with E-state index in [2.05, 4.69) is 25.5 Å². The van der Waals surface area contributed by atoms with E-state index in [0.29, 0.717) is 17.4 Å². The Kier molecular flexibility index (Phi) is 3.22. The zero-order chi connectivity index (χ0) is 12.3. The Bertz CT molecular complexity index is 481. The molecule has 2 N–H and O–H groups in total. The van der Waals surface area contributed by atoms with Crippen molar-refractivity contribution in [1.82, 2.24) is 20.2 Å². The molecular weight excluding hydrogens is 218 g/mol. The van der Waals surface area contributed by atoms with E-state index in [9.17, 15) is 0 Å². The first-order valence-electron chi connectivity index (χ1n) is 5.38. The molecule has 0 saturated heterocycles. The van der Waals surface area contributed by atoms with Gasteiger partial charge in [0.1, 0.15) is 5.69 Å². The number of anilines is 1. The van der Waals surface area contributed by atoms with E-state index < -0.39 is 0 Å². The van der Waals surface area contributed by atoms with Gasteiger partial charge in [0, 0.05) is 12.2 Å². The number of rotatable bonds is 4. The molecule has 17 heavy (non-hydrogen) atoms. The van der Waals surface area contributed by atoms with Gasteiger partial charge in [-0.25, -0.2) is 9.97 Å². The van der Waals surface area contributed by atoms with Crippen molar-refractivity contribution in [1.29, 1.82) is 0 Å². The topological polar surface area (TPSA) is 75.7 Å². The number of H-pyrrole nitrogens is 1. The van der Waals surface area contributed by atoms with Crippen molar-refractivity contribution >= 4 is 5.82 Å². The summed E-state index contributed by atoms with van der Waals surface area (Å²) < 4.78 is 5.21. The number of hydrogen-bond acceptors (Lipinski definition) is 5. The summed E-state index contributed by atoms with van der Waals surface area (Å²) in [5, 5.41) is 9.92. The van der Waals surface area contributed by atoms with Crippen LogP contribution in [0.15, 0.2) is 18.5 Å². The van der Waals surface area contributed by atoms with Gasteiger partial charge < -0.3 is 10.1 Å². The second-order valence-electron chi connectivity index (χ2n) is 3.88. The Morgan fingerprint density at radius 3 is 2.82 bits per heavy atom. The highest BCUT2D eigenvalue weighted by Gasteiger charge is 2.10. The molecule has 6 heteroatoms. The summed E-state index contributed by atoms with van der Waals surface area (Å²) in [5.41, 5.74) is 0.777. The quantitative estimate of drug-likeness (QED) is 0.840. The van der Waals surface area contributed by atoms with Gasteiger partial charge in [-0.05, 0) is 19.9 Å². The molecule has 0 aliphatic rings. The van der Waals surface area contributed by atoms with Gasteiger partial charge in [-0.15, -0.1) is 0 Å². The summed E-state index contributed by atoms with van der Waals surface area (Å²) in [6.07, 6.45) is 3.31. The molecule has 0 atom stereocenters. The second-order valence-corrected chi connectivity index (χ2v) is 3.88. The minimum atomic E-state index is 0.272. The molecule has 90 valence electrons. The predicted octanol–water partition coefficient (Wildman–Crippen LogP) is 1.70. The smallest absolute Gasteiger partial charge is 0.179 e. The Morgan fingerprint density at radius 2 is 2.24 bits per heavy atom. The zero-order valence-electron chi connectivity index (χ0n) is 10.1. The Labute approximate surface area is 99.4 Å². The largest absolute Gasteiger partial charge is 0.491 e. The van der Waals surface area contributed by atoms with Crippen LogP contribution < -0.4 is 10.1 Å². The summed E-state index contributed by atoms with van der Waals surface area (Å²) in [6, 6.07) is 2.09. The molecule has 2 rings (SSSR count). The minimum Gasteiger partial charge on any atom is -0.491 e. The van der Waals surface area contributed by atoms with Crippen molar-refractivity contribution in [3.63, 3.8) is 0 Å². The lowest BCUT2D eigenvalue weighted by molar-refractivity contribution is 0.412. The fourth-order valence-electron chi connectivity index (χ4n) is 1.41. The van der Waals surface area contributed by atoms with Gasteiger partial charge in [-0.2, -0.15) is 5.10 Å². The highest BCUT2D eigenvalue weighted by Crippen LogP contribution is 2.23. The molecule has 0 unspecified atom stereocenters. The zero-order valence-corrected chi connectivity index (χ0v) is 10.1. The molecule has 0 amide bonds. The Morgan fingerprint density at radius 1 is 1.41 bits per heavy atom. The van der Waals surface area contributed by atoms with Crippen LogP contribution in [0.3, 0.4) is 0 Å². The highest BCUT2D eigenvalue weighted by atomic mass is 16.5. The van der Waals surface area contributed by atoms with Gasteiger partial charge in [0.2, 0.25) is 0 Å². The Hall–Kier alpha value is -2.11. The molecule has 0 aliphatic heterocycles. The van der Waals surface area contributed by atoms with Crippen LogP contribution in [-0.2, 0) is 0 Å². The normalized spacial score (nSPS) is 10.6. The van der Waals surface area contributed by atoms with Crippen molar-refractivity contribution < 1.29 is 4.74 Å². The number of nitrogens with zero attached hydrogens (tertiary/aromatic N) is 3. The summed E-state index contributed by atoms with van der Waals surface area (Å²) in [5.74, 6) is 1.90. The number of methoxy groups -OCH3 is 1. The van der Waals surface area contributed by atoms with Crippen LogP contribution in [-0.4, -0.2) is 33.3 Å². The summed E-state index contributed by atoms with van der Waals surface area (Å²) in [4.78, 5) is 8.62. The van der Waals surface area contributed by atoms with Crippen molar-refractivity contribution in [3.05, 3.63) is 18.5 Å². The van der Waals surface area contributed by atoms with Crippen LogP contribution in [0, 0.1) is 0 Å². The van der Waals surface area contributed by atoms with E-state index >= 15 is 0 Å². The lowest BCUT2D eigenvalue weighted by Gasteiger charge is -2.12. The fourth-order valence-corrected chi connectivity index (χ4v) is 1.41. The van der Waals surface area contributed by atoms with Crippen LogP contribution in [0.25, 0.3) is 11.5 Å². The monoisotopic (exact) mass is 233 g/mol. The molecule has 6 nitrogen and oxygen atoms in total. The van der Waals surface area contributed by atoms with Crippen molar-refractivity contribution in [3.8, 4) is 17.3 Å². The van der Waals surface area contributed by atoms with Crippen LogP contribution in [0.2, 0.25) is 0 Å². The summed E-state index contributed by atoms with van der Waals surface area (Å²) in [6.45, 7) is 4.08. The van der Waals surface area contributed by atoms with Gasteiger partial charge >= 0.3 is 0 Å². The van der Waals surface area contributed by atoms with E-state index in [-0.39, 0.29) is 6.04 Å². The van der Waals surface area contributed by atoms with Gasteiger partial charge in [-0.1, -0.05) is 0 Å². The number of ether oxygens (including phenoxy) is 1. The van der Waals surface area contributed by atoms with Gasteiger partial charge in [0.15, 0.2) is 17.4 Å². The molecule has 2 heterocycles. The van der Waals surface area contributed by atoms with E-state index in [1.807, 2.05) is 19.9 Å². The maximum Gasteiger partial charge on any atom is 0.179 e. The van der Waals surface area contributed by atoms with Crippen molar-refractivity contribution in [2.24, 2.45) is 0 Å². The molecule has 2 aromatic rings. The first-order chi connectivity index (χ1) is 8.20. The van der Waals surface area contributed by atoms with E-state index in [1.54, 1.807) is 19.5 Å². The first-order valence-corrected chi connectivity index (χ1v) is 5.38. The molecule has 0 saturated carbocycles. The lowest BCUT2D eigenvalue weighted by Crippen LogP contribution is -2.12. The summed E-state index contributed by atoms with van der Waals surface area (Å²) >= 11 is 0. The maximum atomic E-state index is 5.21. The molecule has 0 bridgehead atoms. The fraction of sp³-hybridized carbons (Fsp3) is 0.364. The van der Waals surface area contributed by atoms with Crippen molar-refractivity contribution in [2.45, 2.75) is 19.9 Å². The SMILES string of the molecule is COc1cnc(-c2ccn[nH]2)nc1NC(C)C. The number of nitrogens with one attached hydrogen (secondary N) is 2. The third-order valence-electron chi connectivity index (χ3n) is 2.14. The third kappa shape index (κ3) is 2.52. The number of aromatic nitrogens is 4. The first kappa shape index (κ1) is 11.4. The second kappa shape index (κ2) is 4.82. The standard InChI is InChI=1S/C11H15N5O/c1-7(2)14-11-9(17-3)6-12-10(15-11)8-4-5-13-16-8/h4-7H,1-3H3,(H,13,16)(H,12,14,15). The van der Waals surface area contributed by atoms with Crippen LogP contribution in [0.4, 0.5) is 5.82 Å². The summed E-state index contributed by atoms with van der Waals surface area (Å²) in [7, 11) is 1.60. The molecule has 2 aromatic heterocycles. The third-order valence-corrected chi connectivity index (χ3v) is 2.14. The minimum absolute atomic E-state index is 0.272. The van der Waals surface area contributed by atoms with Gasteiger partial charge in [0.25, 0.3) is 0 Å². The number of aromatic amines is 1. The van der Waals surface area contributed by atoms with Crippen molar-refractivity contribution in [2.75, 3.05) is 12.4 Å². The molecular formula is C11H15N5O. The predicted molar refractivity (Wildman–Crippen MR) is 64.9 cm³/mol. The lowest BCUT2D eigenvalue weighted by atomic mass is 10.3. The molecule has 0 radical (unpaired) electrons. The van der Waals surface area contributed by atoms with Crippen LogP contribution >= 0.6 is 0 Å². The number of hydrogen-bond donors (Lipinski definition) is 2. The average molecular weight is 233 g/mol. The molecule has 0 aromatic carbocycles. The van der Waals surface area contributed by atoms with E-state index in [0.717, 1.165) is 5.69 Å².